The number of nitrogens with zero attached hydrogens (tertiary/aromatic N) is 3. The molecule has 0 aromatic carbocycles. The molecule has 0 saturated carbocycles. The Morgan fingerprint density at radius 1 is 0.542 bits per heavy atom. The quantitative estimate of drug-likeness (QED) is 0.0482. The van der Waals surface area contributed by atoms with Crippen LogP contribution in [0.1, 0.15) is 246 Å². The van der Waals surface area contributed by atoms with E-state index in [1.165, 1.54) is 116 Å². The summed E-state index contributed by atoms with van der Waals surface area (Å²) in [7, 11) is 0. The van der Waals surface area contributed by atoms with Gasteiger partial charge in [-0.1, -0.05) is 176 Å². The monoisotopic (exact) mass is 830 g/mol. The van der Waals surface area contributed by atoms with Crippen LogP contribution in [0.25, 0.3) is 0 Å². The van der Waals surface area contributed by atoms with Crippen molar-refractivity contribution in [2.75, 3.05) is 32.8 Å². The van der Waals surface area contributed by atoms with Crippen LogP contribution in [0.3, 0.4) is 0 Å². The summed E-state index contributed by atoms with van der Waals surface area (Å²) >= 11 is 0. The molecule has 0 fully saturated rings. The van der Waals surface area contributed by atoms with Crippen LogP contribution >= 0.6 is 0 Å². The molecule has 0 bridgehead atoms. The van der Waals surface area contributed by atoms with Crippen molar-refractivity contribution in [1.82, 2.24) is 14.5 Å². The van der Waals surface area contributed by atoms with E-state index >= 15 is 0 Å². The first-order valence-corrected chi connectivity index (χ1v) is 25.9. The molecule has 346 valence electrons. The number of aromatic nitrogens is 2. The van der Waals surface area contributed by atoms with Crippen LogP contribution in [0.15, 0.2) is 12.4 Å². The molecule has 7 nitrogen and oxygen atoms in total. The minimum absolute atomic E-state index is 0.0612. The highest BCUT2D eigenvalue weighted by Gasteiger charge is 2.21. The Labute approximate surface area is 366 Å². The molecule has 7 heteroatoms. The normalized spacial score (nSPS) is 13.2. The van der Waals surface area contributed by atoms with Crippen LogP contribution in [0.4, 0.5) is 0 Å². The van der Waals surface area contributed by atoms with Gasteiger partial charge in [0, 0.05) is 25.5 Å². The number of hydrogen-bond acceptors (Lipinski definition) is 6. The Morgan fingerprint density at radius 2 is 0.932 bits per heavy atom. The molecular formula is C52H99N3O4. The highest BCUT2D eigenvalue weighted by Crippen LogP contribution is 2.23. The molecule has 0 saturated heterocycles. The van der Waals surface area contributed by atoms with Crippen molar-refractivity contribution in [1.29, 1.82) is 0 Å². The van der Waals surface area contributed by atoms with Gasteiger partial charge in [-0.05, 0) is 90.1 Å². The van der Waals surface area contributed by atoms with Gasteiger partial charge in [0.05, 0.1) is 25.0 Å². The third-order valence-electron chi connectivity index (χ3n) is 12.6. The van der Waals surface area contributed by atoms with Crippen molar-refractivity contribution in [3.05, 3.63) is 18.2 Å². The first kappa shape index (κ1) is 55.1. The molecule has 0 spiro atoms. The molecule has 0 radical (unpaired) electrons. The summed E-state index contributed by atoms with van der Waals surface area (Å²) in [5.74, 6) is 1.99. The first-order valence-electron chi connectivity index (χ1n) is 25.9. The lowest BCUT2D eigenvalue weighted by molar-refractivity contribution is -0.150. The number of aryl methyl sites for hydroxylation is 2. The molecule has 1 rings (SSSR count). The number of ether oxygens (including phenoxy) is 2. The Balaban J connectivity index is 2.48. The van der Waals surface area contributed by atoms with Crippen LogP contribution in [0.2, 0.25) is 0 Å². The van der Waals surface area contributed by atoms with E-state index in [2.05, 4.69) is 62.2 Å². The smallest absolute Gasteiger partial charge is 0.308 e. The number of carbonyl (C=O) groups is 2. The summed E-state index contributed by atoms with van der Waals surface area (Å²) in [5.41, 5.74) is 0. The molecule has 0 N–H and O–H groups in total. The summed E-state index contributed by atoms with van der Waals surface area (Å²) in [6.07, 6.45) is 41.7. The maximum absolute atomic E-state index is 13.1. The molecule has 1 aromatic heterocycles. The second kappa shape index (κ2) is 40.2. The molecular weight excluding hydrogens is 731 g/mol. The molecule has 0 aliphatic carbocycles. The minimum Gasteiger partial charge on any atom is -0.465 e. The highest BCUT2D eigenvalue weighted by molar-refractivity contribution is 5.72. The largest absolute Gasteiger partial charge is 0.465 e. The van der Waals surface area contributed by atoms with Crippen molar-refractivity contribution in [2.24, 2.45) is 17.8 Å². The van der Waals surface area contributed by atoms with Crippen LogP contribution in [0, 0.1) is 24.7 Å². The Hall–Kier alpha value is -1.89. The summed E-state index contributed by atoms with van der Waals surface area (Å²) < 4.78 is 14.1. The lowest BCUT2D eigenvalue weighted by atomic mass is 9.94. The molecule has 1 heterocycles. The van der Waals surface area contributed by atoms with Crippen molar-refractivity contribution in [3.8, 4) is 0 Å². The fourth-order valence-corrected chi connectivity index (χ4v) is 8.64. The fraction of sp³-hybridized carbons (Fsp3) is 0.904. The van der Waals surface area contributed by atoms with E-state index in [1.54, 1.807) is 0 Å². The standard InChI is InChI=1S/C52H99N3O4/c1-7-11-15-19-21-27-37-49(35-25-17-13-9-3)51(56)58-44-31-24-23-30-40-54(41-33-42-55-43-39-53-48(55)6)46-47(5)34-29-32-45-59-52(57)50(36-26-18-14-10-4)38-28-22-20-16-12-8-2/h39,43,47,49-50H,7-38,40-42,44-46H2,1-6H3. The molecule has 59 heavy (non-hydrogen) atoms. The lowest BCUT2D eigenvalue weighted by Crippen LogP contribution is -2.31. The summed E-state index contributed by atoms with van der Waals surface area (Å²) in [4.78, 5) is 33.3. The van der Waals surface area contributed by atoms with Gasteiger partial charge in [-0.2, -0.15) is 0 Å². The highest BCUT2D eigenvalue weighted by atomic mass is 16.5. The molecule has 0 amide bonds. The van der Waals surface area contributed by atoms with Crippen LogP contribution < -0.4 is 0 Å². The van der Waals surface area contributed by atoms with Gasteiger partial charge >= 0.3 is 11.9 Å². The maximum Gasteiger partial charge on any atom is 0.308 e. The Kier molecular flexibility index (Phi) is 37.6. The number of hydrogen-bond donors (Lipinski definition) is 0. The van der Waals surface area contributed by atoms with Crippen LogP contribution in [-0.4, -0.2) is 59.2 Å². The van der Waals surface area contributed by atoms with Gasteiger partial charge in [0.15, 0.2) is 0 Å². The first-order chi connectivity index (χ1) is 28.9. The second-order valence-corrected chi connectivity index (χ2v) is 18.4. The van der Waals surface area contributed by atoms with Crippen molar-refractivity contribution in [3.63, 3.8) is 0 Å². The van der Waals surface area contributed by atoms with Crippen molar-refractivity contribution >= 4 is 11.9 Å². The maximum atomic E-state index is 13.1. The van der Waals surface area contributed by atoms with Crippen molar-refractivity contribution < 1.29 is 19.1 Å². The predicted octanol–water partition coefficient (Wildman–Crippen LogP) is 15.0. The zero-order valence-corrected chi connectivity index (χ0v) is 40.2. The van der Waals surface area contributed by atoms with Crippen LogP contribution in [0.5, 0.6) is 0 Å². The average Bonchev–Trinajstić information content (AvgIpc) is 3.64. The summed E-state index contributed by atoms with van der Waals surface area (Å²) in [6, 6.07) is 0. The number of carbonyl (C=O) groups excluding carboxylic acids is 2. The lowest BCUT2D eigenvalue weighted by Gasteiger charge is -2.26. The molecule has 3 unspecified atom stereocenters. The van der Waals surface area contributed by atoms with Gasteiger partial charge < -0.3 is 18.9 Å². The molecule has 1 aromatic rings. The van der Waals surface area contributed by atoms with Gasteiger partial charge in [0.2, 0.25) is 0 Å². The Bertz CT molecular complexity index is 1080. The zero-order valence-electron chi connectivity index (χ0n) is 40.2. The number of esters is 2. The van der Waals surface area contributed by atoms with E-state index in [0.717, 1.165) is 122 Å². The number of imidazole rings is 1. The van der Waals surface area contributed by atoms with E-state index in [1.807, 2.05) is 6.20 Å². The average molecular weight is 830 g/mol. The van der Waals surface area contributed by atoms with Gasteiger partial charge in [-0.15, -0.1) is 0 Å². The van der Waals surface area contributed by atoms with E-state index in [0.29, 0.717) is 19.1 Å². The number of rotatable bonds is 44. The third kappa shape index (κ3) is 31.6. The Morgan fingerprint density at radius 3 is 1.41 bits per heavy atom. The topological polar surface area (TPSA) is 73.7 Å². The zero-order chi connectivity index (χ0) is 43.0. The number of unbranched alkanes of at least 4 members (excludes halogenated alkanes) is 20. The second-order valence-electron chi connectivity index (χ2n) is 18.4. The molecule has 0 aliphatic heterocycles. The summed E-state index contributed by atoms with van der Waals surface area (Å²) in [5, 5.41) is 0. The van der Waals surface area contributed by atoms with E-state index in [-0.39, 0.29) is 23.8 Å². The van der Waals surface area contributed by atoms with Crippen LogP contribution in [-0.2, 0) is 25.6 Å². The molecule has 0 aliphatic rings. The SMILES string of the molecule is CCCCCCCCC(CCCCCC)C(=O)OCCCCCCN(CCCn1ccnc1C)CC(C)CCCCOC(=O)C(CCCCCC)CCCCCCCC. The van der Waals surface area contributed by atoms with Gasteiger partial charge in [0.1, 0.15) is 5.82 Å². The fourth-order valence-electron chi connectivity index (χ4n) is 8.64. The summed E-state index contributed by atoms with van der Waals surface area (Å²) in [6.45, 7) is 18.9. The van der Waals surface area contributed by atoms with E-state index in [9.17, 15) is 9.59 Å². The van der Waals surface area contributed by atoms with E-state index in [4.69, 9.17) is 9.47 Å². The van der Waals surface area contributed by atoms with E-state index < -0.39 is 0 Å². The minimum atomic E-state index is 0.0612. The molecule has 3 atom stereocenters. The third-order valence-corrected chi connectivity index (χ3v) is 12.6. The van der Waals surface area contributed by atoms with Gasteiger partial charge in [-0.3, -0.25) is 9.59 Å². The van der Waals surface area contributed by atoms with Crippen molar-refractivity contribution in [2.45, 2.75) is 254 Å². The van der Waals surface area contributed by atoms with Gasteiger partial charge in [0.25, 0.3) is 0 Å². The van der Waals surface area contributed by atoms with Gasteiger partial charge in [-0.25, -0.2) is 4.98 Å². The predicted molar refractivity (Wildman–Crippen MR) is 252 cm³/mol.